The Morgan fingerprint density at radius 1 is 1.12 bits per heavy atom. The monoisotopic (exact) mass is 360 g/mol. The molecule has 0 unspecified atom stereocenters. The van der Waals surface area contributed by atoms with Crippen LogP contribution in [0, 0.1) is 6.92 Å². The Balaban J connectivity index is 2.00. The largest absolute Gasteiger partial charge is 0.493 e. The van der Waals surface area contributed by atoms with E-state index in [9.17, 15) is 4.79 Å². The van der Waals surface area contributed by atoms with Gasteiger partial charge in [0.25, 0.3) is 0 Å². The lowest BCUT2D eigenvalue weighted by Crippen LogP contribution is -2.06. The third-order valence-corrected chi connectivity index (χ3v) is 4.25. The third kappa shape index (κ3) is 3.34. The van der Waals surface area contributed by atoms with E-state index in [1.165, 1.54) is 32.7 Å². The van der Waals surface area contributed by atoms with Crippen LogP contribution in [-0.2, 0) is 9.53 Å². The van der Waals surface area contributed by atoms with Gasteiger partial charge in [-0.15, -0.1) is 11.3 Å². The Bertz CT molecular complexity index is 860. The van der Waals surface area contributed by atoms with Gasteiger partial charge in [-0.05, 0) is 25.1 Å². The van der Waals surface area contributed by atoms with Crippen LogP contribution in [0.25, 0.3) is 6.08 Å². The van der Waals surface area contributed by atoms with Crippen LogP contribution in [0.5, 0.6) is 17.2 Å². The molecular formula is C17H16N2O5S. The van der Waals surface area contributed by atoms with Crippen molar-refractivity contribution in [3.63, 3.8) is 0 Å². The first-order valence-corrected chi connectivity index (χ1v) is 8.18. The number of esters is 1. The van der Waals surface area contributed by atoms with Crippen molar-refractivity contribution in [2.24, 2.45) is 4.99 Å². The maximum absolute atomic E-state index is 12.1. The number of hydrogen-bond acceptors (Lipinski definition) is 8. The van der Waals surface area contributed by atoms with Crippen molar-refractivity contribution in [3.8, 4) is 17.2 Å². The summed E-state index contributed by atoms with van der Waals surface area (Å²) in [6.07, 6.45) is 1.59. The lowest BCUT2D eigenvalue weighted by atomic mass is 10.2. The Morgan fingerprint density at radius 3 is 2.32 bits per heavy atom. The number of cyclic esters (lactones) is 1. The molecule has 0 fully saturated rings. The van der Waals surface area contributed by atoms with Gasteiger partial charge in [-0.3, -0.25) is 0 Å². The highest BCUT2D eigenvalue weighted by atomic mass is 32.1. The zero-order valence-electron chi connectivity index (χ0n) is 14.2. The highest BCUT2D eigenvalue weighted by molar-refractivity contribution is 7.09. The van der Waals surface area contributed by atoms with Crippen LogP contribution in [0.1, 0.15) is 16.3 Å². The number of ether oxygens (including phenoxy) is 4. The predicted molar refractivity (Wildman–Crippen MR) is 93.6 cm³/mol. The first-order valence-electron chi connectivity index (χ1n) is 7.30. The maximum atomic E-state index is 12.1. The smallest absolute Gasteiger partial charge is 0.363 e. The summed E-state index contributed by atoms with van der Waals surface area (Å²) in [5.74, 6) is 0.982. The van der Waals surface area contributed by atoms with Gasteiger partial charge in [0.1, 0.15) is 0 Å². The number of hydrogen-bond donors (Lipinski definition) is 0. The summed E-state index contributed by atoms with van der Waals surface area (Å²) < 4.78 is 21.2. The summed E-state index contributed by atoms with van der Waals surface area (Å²) >= 11 is 1.50. The predicted octanol–water partition coefficient (Wildman–Crippen LogP) is 2.82. The molecule has 1 aliphatic rings. The minimum atomic E-state index is -0.533. The number of carbonyl (C=O) groups excluding carboxylic acids is 1. The summed E-state index contributed by atoms with van der Waals surface area (Å²) in [6, 6.07) is 3.34. The molecule has 1 aromatic carbocycles. The zero-order valence-corrected chi connectivity index (χ0v) is 15.0. The summed E-state index contributed by atoms with van der Waals surface area (Å²) in [5, 5.41) is 2.76. The van der Waals surface area contributed by atoms with Gasteiger partial charge in [0.15, 0.2) is 17.2 Å². The molecule has 130 valence electrons. The van der Waals surface area contributed by atoms with Crippen LogP contribution in [0.4, 0.5) is 0 Å². The Morgan fingerprint density at radius 2 is 1.80 bits per heavy atom. The van der Waals surface area contributed by atoms with E-state index in [0.717, 1.165) is 5.01 Å². The van der Waals surface area contributed by atoms with E-state index in [4.69, 9.17) is 18.9 Å². The lowest BCUT2D eigenvalue weighted by molar-refractivity contribution is -0.129. The molecule has 2 aromatic rings. The molecule has 0 radical (unpaired) electrons. The SMILES string of the molecule is COc1cc(C2=NC(=Cc3csc(C)n3)C(=O)O2)cc(OC)c1OC. The quantitative estimate of drug-likeness (QED) is 0.603. The Labute approximate surface area is 148 Å². The van der Waals surface area contributed by atoms with E-state index < -0.39 is 5.97 Å². The number of rotatable bonds is 5. The number of nitrogens with zero attached hydrogens (tertiary/aromatic N) is 2. The molecule has 0 saturated carbocycles. The second-order valence-corrected chi connectivity index (χ2v) is 6.10. The van der Waals surface area contributed by atoms with Crippen LogP contribution in [0.15, 0.2) is 28.2 Å². The molecule has 0 amide bonds. The molecule has 2 heterocycles. The molecule has 0 aliphatic carbocycles. The van der Waals surface area contributed by atoms with E-state index >= 15 is 0 Å². The second kappa shape index (κ2) is 6.94. The van der Waals surface area contributed by atoms with Crippen molar-refractivity contribution in [2.75, 3.05) is 21.3 Å². The van der Waals surface area contributed by atoms with Crippen molar-refractivity contribution < 1.29 is 23.7 Å². The van der Waals surface area contributed by atoms with Crippen molar-refractivity contribution >= 4 is 29.3 Å². The molecule has 25 heavy (non-hydrogen) atoms. The maximum Gasteiger partial charge on any atom is 0.363 e. The van der Waals surface area contributed by atoms with Crippen LogP contribution < -0.4 is 14.2 Å². The highest BCUT2D eigenvalue weighted by Gasteiger charge is 2.26. The topological polar surface area (TPSA) is 79.2 Å². The highest BCUT2D eigenvalue weighted by Crippen LogP contribution is 2.39. The number of benzene rings is 1. The fourth-order valence-corrected chi connectivity index (χ4v) is 2.89. The van der Waals surface area contributed by atoms with Crippen LogP contribution in [-0.4, -0.2) is 38.2 Å². The average Bonchev–Trinajstić information content (AvgIpc) is 3.19. The first-order chi connectivity index (χ1) is 12.0. The van der Waals surface area contributed by atoms with Crippen LogP contribution in [0.2, 0.25) is 0 Å². The van der Waals surface area contributed by atoms with Crippen LogP contribution in [0.3, 0.4) is 0 Å². The molecule has 8 heteroatoms. The normalized spacial score (nSPS) is 15.1. The van der Waals surface area contributed by atoms with E-state index in [0.29, 0.717) is 28.5 Å². The first kappa shape index (κ1) is 17.0. The summed E-state index contributed by atoms with van der Waals surface area (Å²) in [5.41, 5.74) is 1.40. The van der Waals surface area contributed by atoms with Crippen LogP contribution >= 0.6 is 11.3 Å². The second-order valence-electron chi connectivity index (χ2n) is 5.04. The number of methoxy groups -OCH3 is 3. The standard InChI is InChI=1S/C17H16N2O5S/c1-9-18-11(8-25-9)7-12-17(20)24-16(19-12)10-5-13(21-2)15(23-4)14(6-10)22-3/h5-8H,1-4H3. The average molecular weight is 360 g/mol. The van der Waals surface area contributed by atoms with Gasteiger partial charge in [0, 0.05) is 10.9 Å². The van der Waals surface area contributed by atoms with Gasteiger partial charge in [-0.1, -0.05) is 0 Å². The third-order valence-electron chi connectivity index (χ3n) is 3.45. The molecule has 7 nitrogen and oxygen atoms in total. The molecule has 1 aliphatic heterocycles. The fraction of sp³-hybridized carbons (Fsp3) is 0.235. The van der Waals surface area contributed by atoms with E-state index in [1.807, 2.05) is 12.3 Å². The summed E-state index contributed by atoms with van der Waals surface area (Å²) in [7, 11) is 4.54. The van der Waals surface area contributed by atoms with Crippen molar-refractivity contribution in [1.29, 1.82) is 0 Å². The van der Waals surface area contributed by atoms with Crippen molar-refractivity contribution in [3.05, 3.63) is 39.5 Å². The van der Waals surface area contributed by atoms with Gasteiger partial charge in [-0.25, -0.2) is 14.8 Å². The summed E-state index contributed by atoms with van der Waals surface area (Å²) in [4.78, 5) is 20.6. The molecule has 0 spiro atoms. The van der Waals surface area contributed by atoms with Crippen molar-refractivity contribution in [1.82, 2.24) is 4.98 Å². The number of aliphatic imine (C=N–C) groups is 1. The number of aromatic nitrogens is 1. The fourth-order valence-electron chi connectivity index (χ4n) is 2.32. The number of carbonyl (C=O) groups is 1. The Kier molecular flexibility index (Phi) is 4.71. The minimum absolute atomic E-state index is 0.169. The molecule has 0 atom stereocenters. The molecule has 0 bridgehead atoms. The number of aryl methyl sites for hydroxylation is 1. The van der Waals surface area contributed by atoms with Gasteiger partial charge < -0.3 is 18.9 Å². The van der Waals surface area contributed by atoms with Gasteiger partial charge in [0.05, 0.1) is 32.0 Å². The molecule has 1 aromatic heterocycles. The lowest BCUT2D eigenvalue weighted by Gasteiger charge is -2.13. The van der Waals surface area contributed by atoms with Crippen molar-refractivity contribution in [2.45, 2.75) is 6.92 Å². The van der Waals surface area contributed by atoms with Gasteiger partial charge >= 0.3 is 5.97 Å². The molecule has 0 saturated heterocycles. The van der Waals surface area contributed by atoms with Gasteiger partial charge in [0.2, 0.25) is 11.6 Å². The Hall–Kier alpha value is -2.87. The summed E-state index contributed by atoms with van der Waals surface area (Å²) in [6.45, 7) is 1.89. The van der Waals surface area contributed by atoms with E-state index in [1.54, 1.807) is 18.2 Å². The molecule has 0 N–H and O–H groups in total. The minimum Gasteiger partial charge on any atom is -0.493 e. The van der Waals surface area contributed by atoms with Gasteiger partial charge in [-0.2, -0.15) is 0 Å². The molecule has 3 rings (SSSR count). The van der Waals surface area contributed by atoms with E-state index in [-0.39, 0.29) is 11.6 Å². The number of thiazole rings is 1. The van der Waals surface area contributed by atoms with E-state index in [2.05, 4.69) is 9.98 Å². The zero-order chi connectivity index (χ0) is 18.0. The molecular weight excluding hydrogens is 344 g/mol.